The number of ketones is 1. The Hall–Kier alpha value is -1.88. The molecule has 0 aliphatic rings. The summed E-state index contributed by atoms with van der Waals surface area (Å²) >= 11 is 1.24. The number of benzene rings is 1. The topological polar surface area (TPSA) is 62.8 Å². The minimum atomic E-state index is -0.211. The fourth-order valence-corrected chi connectivity index (χ4v) is 2.63. The summed E-state index contributed by atoms with van der Waals surface area (Å²) in [5.41, 5.74) is 3.79. The third-order valence-corrected chi connectivity index (χ3v) is 4.02. The van der Waals surface area contributed by atoms with Crippen LogP contribution in [0, 0.1) is 20.8 Å². The Balaban J connectivity index is 2.13. The molecular weight excluding hydrogens is 272 g/mol. The Morgan fingerprint density at radius 1 is 1.20 bits per heavy atom. The lowest BCUT2D eigenvalue weighted by molar-refractivity contribution is 0.102. The number of Topliss-reactive ketones (excluding diaryl/α,β-unsaturated/α-hetero) is 1. The zero-order valence-electron chi connectivity index (χ0n) is 11.7. The van der Waals surface area contributed by atoms with Crippen LogP contribution in [0.15, 0.2) is 34.3 Å². The average molecular weight is 288 g/mol. The first-order valence-corrected chi connectivity index (χ1v) is 7.25. The van der Waals surface area contributed by atoms with Crippen LogP contribution >= 0.6 is 11.8 Å². The summed E-state index contributed by atoms with van der Waals surface area (Å²) in [6.45, 7) is 5.96. The number of carbonyl (C=O) groups is 1. The van der Waals surface area contributed by atoms with Gasteiger partial charge in [0.1, 0.15) is 0 Å². The molecule has 0 aliphatic carbocycles. The van der Waals surface area contributed by atoms with Crippen molar-refractivity contribution in [1.82, 2.24) is 9.97 Å². The first-order chi connectivity index (χ1) is 9.47. The van der Waals surface area contributed by atoms with Crippen molar-refractivity contribution in [3.63, 3.8) is 0 Å². The summed E-state index contributed by atoms with van der Waals surface area (Å²) < 4.78 is 0. The molecule has 0 atom stereocenters. The first-order valence-electron chi connectivity index (χ1n) is 6.26. The van der Waals surface area contributed by atoms with E-state index >= 15 is 0 Å². The number of H-pyrrole nitrogens is 1. The van der Waals surface area contributed by atoms with E-state index in [9.17, 15) is 9.59 Å². The van der Waals surface area contributed by atoms with Crippen molar-refractivity contribution in [3.8, 4) is 0 Å². The summed E-state index contributed by atoms with van der Waals surface area (Å²) in [6, 6.07) is 5.30. The van der Waals surface area contributed by atoms with E-state index in [1.807, 2.05) is 32.9 Å². The highest BCUT2D eigenvalue weighted by molar-refractivity contribution is 7.99. The van der Waals surface area contributed by atoms with Gasteiger partial charge in [0.25, 0.3) is 5.56 Å². The number of hydrogen-bond donors (Lipinski definition) is 1. The second-order valence-electron chi connectivity index (χ2n) is 4.70. The number of hydrogen-bond acceptors (Lipinski definition) is 4. The number of rotatable bonds is 4. The van der Waals surface area contributed by atoms with Crippen LogP contribution in [0.1, 0.15) is 27.0 Å². The van der Waals surface area contributed by atoms with Crippen LogP contribution in [0.3, 0.4) is 0 Å². The molecule has 0 amide bonds. The molecule has 0 fully saturated rings. The summed E-state index contributed by atoms with van der Waals surface area (Å²) in [5, 5.41) is 0.465. The SMILES string of the molecule is Cc1cc(C)c(C(=O)CSc2nccc(=O)[nH]2)cc1C. The molecule has 1 aromatic heterocycles. The van der Waals surface area contributed by atoms with Gasteiger partial charge in [-0.25, -0.2) is 4.98 Å². The molecule has 0 saturated carbocycles. The van der Waals surface area contributed by atoms with Crippen molar-refractivity contribution in [2.24, 2.45) is 0 Å². The fraction of sp³-hybridized carbons (Fsp3) is 0.267. The van der Waals surface area contributed by atoms with Crippen LogP contribution in [0.2, 0.25) is 0 Å². The molecule has 0 aliphatic heterocycles. The Morgan fingerprint density at radius 3 is 2.60 bits per heavy atom. The maximum Gasteiger partial charge on any atom is 0.251 e. The minimum Gasteiger partial charge on any atom is -0.301 e. The number of carbonyl (C=O) groups excluding carboxylic acids is 1. The molecule has 2 rings (SSSR count). The highest BCUT2D eigenvalue weighted by atomic mass is 32.2. The van der Waals surface area contributed by atoms with Gasteiger partial charge >= 0.3 is 0 Å². The van der Waals surface area contributed by atoms with Crippen LogP contribution in [-0.4, -0.2) is 21.5 Å². The van der Waals surface area contributed by atoms with E-state index < -0.39 is 0 Å². The van der Waals surface area contributed by atoms with Gasteiger partial charge in [-0.3, -0.25) is 9.59 Å². The standard InChI is InChI=1S/C15H16N2O2S/c1-9-6-11(3)12(7-10(9)2)13(18)8-20-15-16-5-4-14(19)17-15/h4-7H,8H2,1-3H3,(H,16,17,19). The van der Waals surface area contributed by atoms with Crippen LogP contribution in [0.4, 0.5) is 0 Å². The molecule has 0 spiro atoms. The molecule has 20 heavy (non-hydrogen) atoms. The lowest BCUT2D eigenvalue weighted by Crippen LogP contribution is -2.09. The quantitative estimate of drug-likeness (QED) is 0.534. The number of aromatic amines is 1. The van der Waals surface area contributed by atoms with E-state index in [0.717, 1.165) is 16.7 Å². The largest absolute Gasteiger partial charge is 0.301 e. The Morgan fingerprint density at radius 2 is 1.90 bits per heavy atom. The van der Waals surface area contributed by atoms with Crippen LogP contribution in [0.5, 0.6) is 0 Å². The van der Waals surface area contributed by atoms with Crippen molar-refractivity contribution < 1.29 is 4.79 Å². The van der Waals surface area contributed by atoms with E-state index in [2.05, 4.69) is 9.97 Å². The van der Waals surface area contributed by atoms with Gasteiger partial charge in [-0.15, -0.1) is 0 Å². The third-order valence-electron chi connectivity index (χ3n) is 3.13. The predicted molar refractivity (Wildman–Crippen MR) is 80.6 cm³/mol. The smallest absolute Gasteiger partial charge is 0.251 e. The number of nitrogens with one attached hydrogen (secondary N) is 1. The predicted octanol–water partition coefficient (Wildman–Crippen LogP) is 2.67. The Bertz CT molecular complexity index is 707. The van der Waals surface area contributed by atoms with Gasteiger partial charge < -0.3 is 4.98 Å². The van der Waals surface area contributed by atoms with Crippen LogP contribution < -0.4 is 5.56 Å². The van der Waals surface area contributed by atoms with Crippen molar-refractivity contribution in [1.29, 1.82) is 0 Å². The molecule has 1 aromatic carbocycles. The lowest BCUT2D eigenvalue weighted by atomic mass is 9.99. The van der Waals surface area contributed by atoms with Gasteiger partial charge in [0, 0.05) is 17.8 Å². The van der Waals surface area contributed by atoms with Crippen molar-refractivity contribution in [2.75, 3.05) is 5.75 Å². The molecule has 0 radical (unpaired) electrons. The van der Waals surface area contributed by atoms with Gasteiger partial charge in [-0.1, -0.05) is 17.8 Å². The van der Waals surface area contributed by atoms with Crippen molar-refractivity contribution in [2.45, 2.75) is 25.9 Å². The van der Waals surface area contributed by atoms with Gasteiger partial charge in [0.2, 0.25) is 0 Å². The van der Waals surface area contributed by atoms with E-state index in [1.165, 1.54) is 29.6 Å². The van der Waals surface area contributed by atoms with Gasteiger partial charge in [-0.05, 0) is 43.5 Å². The molecule has 5 heteroatoms. The summed E-state index contributed by atoms with van der Waals surface area (Å²) in [4.78, 5) is 30.0. The highest BCUT2D eigenvalue weighted by Gasteiger charge is 2.11. The highest BCUT2D eigenvalue weighted by Crippen LogP contribution is 2.19. The number of aryl methyl sites for hydroxylation is 3. The summed E-state index contributed by atoms with van der Waals surface area (Å²) in [6.07, 6.45) is 1.44. The van der Waals surface area contributed by atoms with Crippen molar-refractivity contribution >= 4 is 17.5 Å². The Kier molecular flexibility index (Phi) is 4.39. The maximum absolute atomic E-state index is 12.2. The van der Waals surface area contributed by atoms with Crippen LogP contribution in [0.25, 0.3) is 0 Å². The molecule has 1 N–H and O–H groups in total. The van der Waals surface area contributed by atoms with E-state index in [4.69, 9.17) is 0 Å². The second-order valence-corrected chi connectivity index (χ2v) is 5.67. The van der Waals surface area contributed by atoms with E-state index in [1.54, 1.807) is 0 Å². The van der Waals surface area contributed by atoms with Gasteiger partial charge in [0.15, 0.2) is 10.9 Å². The molecule has 4 nitrogen and oxygen atoms in total. The molecular formula is C15H16N2O2S. The molecule has 104 valence electrons. The van der Waals surface area contributed by atoms with E-state index in [-0.39, 0.29) is 17.1 Å². The molecule has 2 aromatic rings. The first kappa shape index (κ1) is 14.5. The summed E-state index contributed by atoms with van der Waals surface area (Å²) in [7, 11) is 0. The van der Waals surface area contributed by atoms with Gasteiger partial charge in [0.05, 0.1) is 5.75 Å². The molecule has 0 bridgehead atoms. The monoisotopic (exact) mass is 288 g/mol. The molecule has 1 heterocycles. The zero-order valence-corrected chi connectivity index (χ0v) is 12.5. The number of nitrogens with zero attached hydrogens (tertiary/aromatic N) is 1. The lowest BCUT2D eigenvalue weighted by Gasteiger charge is -2.08. The molecule has 0 unspecified atom stereocenters. The fourth-order valence-electron chi connectivity index (χ4n) is 1.90. The average Bonchev–Trinajstić information content (AvgIpc) is 2.40. The maximum atomic E-state index is 12.2. The van der Waals surface area contributed by atoms with Crippen molar-refractivity contribution in [3.05, 3.63) is 57.0 Å². The third kappa shape index (κ3) is 3.36. The molecule has 0 saturated heterocycles. The normalized spacial score (nSPS) is 10.6. The second kappa shape index (κ2) is 6.05. The summed E-state index contributed by atoms with van der Waals surface area (Å²) in [5.74, 6) is 0.304. The number of thioether (sulfide) groups is 1. The van der Waals surface area contributed by atoms with Gasteiger partial charge in [-0.2, -0.15) is 0 Å². The van der Waals surface area contributed by atoms with E-state index in [0.29, 0.717) is 5.16 Å². The number of aromatic nitrogens is 2. The Labute approximate surface area is 121 Å². The zero-order chi connectivity index (χ0) is 14.7. The minimum absolute atomic E-state index is 0.0436. The van der Waals surface area contributed by atoms with Crippen LogP contribution in [-0.2, 0) is 0 Å².